The Balaban J connectivity index is 1.60. The minimum Gasteiger partial charge on any atom is -0.494 e. The van der Waals surface area contributed by atoms with Crippen LogP contribution in [0.15, 0.2) is 82.3 Å². The number of aliphatic hydroxyl groups is 1. The van der Waals surface area contributed by atoms with E-state index in [1.807, 2.05) is 72.8 Å². The van der Waals surface area contributed by atoms with Gasteiger partial charge in [-0.15, -0.1) is 0 Å². The Morgan fingerprint density at radius 2 is 1.81 bits per heavy atom. The topological polar surface area (TPSA) is 88.4 Å². The second-order valence-corrected chi connectivity index (χ2v) is 10.1. The molecule has 2 amide bonds. The van der Waals surface area contributed by atoms with Crippen molar-refractivity contribution < 1.29 is 24.2 Å². The molecule has 0 aromatic heterocycles. The number of fused-ring (bicyclic) bond motifs is 1. The number of rotatable bonds is 6. The van der Waals surface area contributed by atoms with Gasteiger partial charge in [0.2, 0.25) is 11.8 Å². The van der Waals surface area contributed by atoms with Crippen molar-refractivity contribution in [2.75, 3.05) is 13.2 Å². The monoisotopic (exact) mass is 562 g/mol. The van der Waals surface area contributed by atoms with Crippen LogP contribution < -0.4 is 4.74 Å². The number of hydrogen-bond donors (Lipinski definition) is 1. The van der Waals surface area contributed by atoms with Crippen LogP contribution in [0.3, 0.4) is 0 Å². The highest BCUT2D eigenvalue weighted by molar-refractivity contribution is 9.10. The van der Waals surface area contributed by atoms with Crippen LogP contribution in [0.4, 0.5) is 0 Å². The van der Waals surface area contributed by atoms with E-state index in [4.69, 9.17) is 19.6 Å². The molecule has 1 spiro atoms. The first-order valence-corrected chi connectivity index (χ1v) is 13.0. The first-order chi connectivity index (χ1) is 17.9. The molecule has 0 saturated heterocycles. The van der Waals surface area contributed by atoms with Gasteiger partial charge in [-0.25, -0.2) is 4.99 Å². The van der Waals surface area contributed by atoms with E-state index in [9.17, 15) is 9.59 Å². The zero-order valence-corrected chi connectivity index (χ0v) is 22.0. The zero-order chi connectivity index (χ0) is 26.0. The first kappa shape index (κ1) is 25.2. The number of imide groups is 1. The van der Waals surface area contributed by atoms with Crippen LogP contribution in [-0.2, 0) is 27.3 Å². The highest BCUT2D eigenvalue weighted by Crippen LogP contribution is 2.45. The predicted molar refractivity (Wildman–Crippen MR) is 142 cm³/mol. The third kappa shape index (κ3) is 4.91. The highest BCUT2D eigenvalue weighted by Gasteiger charge is 2.56. The molecule has 2 atom stereocenters. The van der Waals surface area contributed by atoms with Crippen molar-refractivity contribution in [2.45, 2.75) is 38.0 Å². The Morgan fingerprint density at radius 3 is 2.49 bits per heavy atom. The Bertz CT molecular complexity index is 1340. The fraction of sp³-hybridized carbons (Fsp3) is 0.276. The van der Waals surface area contributed by atoms with E-state index in [0.717, 1.165) is 21.2 Å². The summed E-state index contributed by atoms with van der Waals surface area (Å²) in [5.74, 6) is 0.301. The molecule has 0 fully saturated rings. The largest absolute Gasteiger partial charge is 0.494 e. The lowest BCUT2D eigenvalue weighted by Gasteiger charge is -2.32. The second kappa shape index (κ2) is 10.5. The van der Waals surface area contributed by atoms with Crippen LogP contribution in [0.5, 0.6) is 5.75 Å². The van der Waals surface area contributed by atoms with E-state index < -0.39 is 11.6 Å². The van der Waals surface area contributed by atoms with Crippen LogP contribution in [0, 0.1) is 0 Å². The van der Waals surface area contributed by atoms with Crippen molar-refractivity contribution in [3.05, 3.63) is 99.5 Å². The van der Waals surface area contributed by atoms with Gasteiger partial charge in [-0.2, -0.15) is 0 Å². The summed E-state index contributed by atoms with van der Waals surface area (Å²) in [6, 6.07) is 22.7. The molecule has 2 aliphatic rings. The minimum absolute atomic E-state index is 0.0662. The van der Waals surface area contributed by atoms with E-state index in [1.54, 1.807) is 0 Å². The van der Waals surface area contributed by atoms with E-state index >= 15 is 0 Å². The summed E-state index contributed by atoms with van der Waals surface area (Å²) in [5.41, 5.74) is 2.03. The molecule has 2 aliphatic heterocycles. The number of ether oxygens (including phenoxy) is 2. The molecule has 0 bridgehead atoms. The third-order valence-corrected chi connectivity index (χ3v) is 7.24. The SMILES string of the molecule is CC(=O)N1Cc2ccccc2C[C@@]2(N=C(c3ccc(OCCCO)cc3)O[C@H]2c2ccc(Br)cc2)C1=O. The number of aliphatic hydroxyl groups excluding tert-OH is 1. The maximum absolute atomic E-state index is 14.2. The Labute approximate surface area is 223 Å². The smallest absolute Gasteiger partial charge is 0.262 e. The molecular weight excluding hydrogens is 536 g/mol. The Morgan fingerprint density at radius 1 is 1.11 bits per heavy atom. The van der Waals surface area contributed by atoms with Crippen molar-refractivity contribution >= 4 is 33.6 Å². The number of aliphatic imine (C=N–C) groups is 1. The average Bonchev–Trinajstić information content (AvgIpc) is 3.23. The third-order valence-electron chi connectivity index (χ3n) is 6.71. The summed E-state index contributed by atoms with van der Waals surface area (Å²) in [5, 5.41) is 8.98. The lowest BCUT2D eigenvalue weighted by molar-refractivity contribution is -0.149. The lowest BCUT2D eigenvalue weighted by Crippen LogP contribution is -2.51. The summed E-state index contributed by atoms with van der Waals surface area (Å²) >= 11 is 3.48. The molecule has 1 N–H and O–H groups in total. The molecule has 8 heteroatoms. The molecule has 0 radical (unpaired) electrons. The molecule has 0 unspecified atom stereocenters. The number of amides is 2. The van der Waals surface area contributed by atoms with Crippen LogP contribution in [0.25, 0.3) is 0 Å². The van der Waals surface area contributed by atoms with Gasteiger partial charge in [-0.1, -0.05) is 52.3 Å². The fourth-order valence-corrected chi connectivity index (χ4v) is 5.07. The van der Waals surface area contributed by atoms with E-state index in [2.05, 4.69) is 15.9 Å². The van der Waals surface area contributed by atoms with Gasteiger partial charge in [-0.3, -0.25) is 14.5 Å². The standard InChI is InChI=1S/C29H27BrN2O5/c1-19(34)32-18-23-6-3-2-5-22(23)17-29(28(32)35)26(20-7-11-24(30)12-8-20)37-27(31-29)21-9-13-25(14-10-21)36-16-4-15-33/h2-3,5-14,26,33H,4,15-18H2,1H3/t26-,29-/m0/s1. The minimum atomic E-state index is -1.35. The van der Waals surface area contributed by atoms with Crippen molar-refractivity contribution in [1.82, 2.24) is 4.90 Å². The molecule has 5 rings (SSSR count). The van der Waals surface area contributed by atoms with Crippen LogP contribution in [-0.4, -0.2) is 46.5 Å². The maximum atomic E-state index is 14.2. The molecule has 2 heterocycles. The number of carbonyl (C=O) groups is 2. The summed E-state index contributed by atoms with van der Waals surface area (Å²) in [4.78, 5) is 33.1. The van der Waals surface area contributed by atoms with E-state index in [-0.39, 0.29) is 25.0 Å². The lowest BCUT2D eigenvalue weighted by atomic mass is 9.82. The van der Waals surface area contributed by atoms with Crippen molar-refractivity contribution in [1.29, 1.82) is 0 Å². The number of nitrogens with zero attached hydrogens (tertiary/aromatic N) is 2. The van der Waals surface area contributed by atoms with Gasteiger partial charge in [0.25, 0.3) is 5.91 Å². The van der Waals surface area contributed by atoms with Crippen molar-refractivity contribution in [3.63, 3.8) is 0 Å². The second-order valence-electron chi connectivity index (χ2n) is 9.20. The summed E-state index contributed by atoms with van der Waals surface area (Å²) in [6.07, 6.45) is 0.125. The molecule has 3 aromatic rings. The summed E-state index contributed by atoms with van der Waals surface area (Å²) in [7, 11) is 0. The first-order valence-electron chi connectivity index (χ1n) is 12.2. The summed E-state index contributed by atoms with van der Waals surface area (Å²) in [6.45, 7) is 2.08. The maximum Gasteiger partial charge on any atom is 0.262 e. The van der Waals surface area contributed by atoms with E-state index in [0.29, 0.717) is 36.7 Å². The molecule has 3 aromatic carbocycles. The number of carbonyl (C=O) groups excluding carboxylic acids is 2. The van der Waals surface area contributed by atoms with Crippen molar-refractivity contribution in [2.24, 2.45) is 4.99 Å². The number of hydrogen-bond acceptors (Lipinski definition) is 6. The molecule has 190 valence electrons. The van der Waals surface area contributed by atoms with Gasteiger partial charge in [0.05, 0.1) is 13.2 Å². The summed E-state index contributed by atoms with van der Waals surface area (Å²) < 4.78 is 13.0. The Hall–Kier alpha value is -3.49. The Kier molecular flexibility index (Phi) is 7.13. The highest BCUT2D eigenvalue weighted by atomic mass is 79.9. The van der Waals surface area contributed by atoms with Crippen LogP contribution in [0.1, 0.15) is 41.7 Å². The van der Waals surface area contributed by atoms with Gasteiger partial charge >= 0.3 is 0 Å². The normalized spacial score (nSPS) is 20.7. The molecule has 37 heavy (non-hydrogen) atoms. The molecular formula is C29H27BrN2O5. The molecule has 7 nitrogen and oxygen atoms in total. The quantitative estimate of drug-likeness (QED) is 0.443. The van der Waals surface area contributed by atoms with Crippen molar-refractivity contribution in [3.8, 4) is 5.75 Å². The predicted octanol–water partition coefficient (Wildman–Crippen LogP) is 4.60. The molecule has 0 aliphatic carbocycles. The van der Waals surface area contributed by atoms with Crippen LogP contribution >= 0.6 is 15.9 Å². The fourth-order valence-electron chi connectivity index (χ4n) is 4.81. The number of halogens is 1. The zero-order valence-electron chi connectivity index (χ0n) is 20.4. The van der Waals surface area contributed by atoms with Gasteiger partial charge in [0.15, 0.2) is 11.6 Å². The molecule has 0 saturated carbocycles. The van der Waals surface area contributed by atoms with Gasteiger partial charge in [-0.05, 0) is 53.1 Å². The van der Waals surface area contributed by atoms with Gasteiger partial charge in [0.1, 0.15) is 5.75 Å². The van der Waals surface area contributed by atoms with Crippen LogP contribution in [0.2, 0.25) is 0 Å². The average molecular weight is 563 g/mol. The van der Waals surface area contributed by atoms with E-state index in [1.165, 1.54) is 11.8 Å². The number of benzene rings is 3. The van der Waals surface area contributed by atoms with Gasteiger partial charge in [0, 0.05) is 36.4 Å². The van der Waals surface area contributed by atoms with Gasteiger partial charge < -0.3 is 14.6 Å².